The summed E-state index contributed by atoms with van der Waals surface area (Å²) in [7, 11) is 5.75. The molecule has 2 heterocycles. The molecule has 7 rings (SSSR count). The van der Waals surface area contributed by atoms with Crippen molar-refractivity contribution in [1.29, 1.82) is 0 Å². The molecule has 0 amide bonds. The molecule has 0 aromatic heterocycles. The second-order valence-electron chi connectivity index (χ2n) is 18.9. The van der Waals surface area contributed by atoms with Gasteiger partial charge < -0.3 is 33.9 Å². The highest BCUT2D eigenvalue weighted by molar-refractivity contribution is 5.97. The van der Waals surface area contributed by atoms with Crippen molar-refractivity contribution in [1.82, 2.24) is 0 Å². The number of phenolic OH excluding ortho intramolecular Hbond substituents is 1. The van der Waals surface area contributed by atoms with Crippen LogP contribution in [0.1, 0.15) is 113 Å². The molecule has 1 atom stereocenters. The van der Waals surface area contributed by atoms with Crippen molar-refractivity contribution in [2.75, 3.05) is 44.1 Å². The summed E-state index contributed by atoms with van der Waals surface area (Å²) in [6.45, 7) is 14.6. The molecule has 9 nitrogen and oxygen atoms in total. The van der Waals surface area contributed by atoms with Crippen LogP contribution in [0.25, 0.3) is 16.8 Å². The van der Waals surface area contributed by atoms with Crippen molar-refractivity contribution >= 4 is 40.2 Å². The van der Waals surface area contributed by atoms with E-state index in [1.807, 2.05) is 92.0 Å². The van der Waals surface area contributed by atoms with E-state index in [2.05, 4.69) is 70.5 Å². The van der Waals surface area contributed by atoms with Crippen LogP contribution in [0, 0.1) is 0 Å². The zero-order valence-corrected chi connectivity index (χ0v) is 37.9. The third-order valence-electron chi connectivity index (χ3n) is 12.1. The van der Waals surface area contributed by atoms with E-state index >= 15 is 0 Å². The zero-order valence-electron chi connectivity index (χ0n) is 37.9. The van der Waals surface area contributed by atoms with E-state index in [-0.39, 0.29) is 54.6 Å². The average Bonchev–Trinajstić information content (AvgIpc) is 3.79. The van der Waals surface area contributed by atoms with Crippen LogP contribution >= 0.6 is 0 Å². The third-order valence-corrected chi connectivity index (χ3v) is 12.1. The quantitative estimate of drug-likeness (QED) is 0.116. The van der Waals surface area contributed by atoms with Gasteiger partial charge >= 0.3 is 11.9 Å². The Labute approximate surface area is 367 Å². The summed E-state index contributed by atoms with van der Waals surface area (Å²) in [5.41, 5.74) is 6.83. The number of rotatable bonds is 13. The fourth-order valence-electron chi connectivity index (χ4n) is 8.44. The predicted molar refractivity (Wildman–Crippen MR) is 249 cm³/mol. The number of carbonyl (C=O) groups is 2. The number of nitrogens with zero attached hydrogens (tertiary/aromatic N) is 2. The Morgan fingerprint density at radius 1 is 0.758 bits per heavy atom. The van der Waals surface area contributed by atoms with E-state index < -0.39 is 5.60 Å². The standard InChI is InChI=1S/C53H62N2O7/c1-51(2,3)44-29-36(30-45(49(44)58)52(4,5)6)34-61-48(57)14-12-13-47(56)60-33-35-15-18-38(19-16-35)53(39-20-23-40(24-21-39)55-27-10-11-28-55)26-25-42-46(59-9)31-37-17-22-41(54(7)8)32-43(37)50(42)62-53/h15-26,29-32,58H,10-14,27-28,33-34H2,1-9H3. The lowest BCUT2D eigenvalue weighted by Gasteiger charge is -2.37. The van der Waals surface area contributed by atoms with Crippen molar-refractivity contribution in [3.63, 3.8) is 0 Å². The summed E-state index contributed by atoms with van der Waals surface area (Å²) < 4.78 is 24.5. The molecule has 62 heavy (non-hydrogen) atoms. The van der Waals surface area contributed by atoms with Gasteiger partial charge in [0.2, 0.25) is 0 Å². The minimum absolute atomic E-state index is 0.0897. The van der Waals surface area contributed by atoms with Gasteiger partial charge in [0.1, 0.15) is 30.5 Å². The summed E-state index contributed by atoms with van der Waals surface area (Å²) in [6, 6.07) is 29.0. The van der Waals surface area contributed by atoms with Crippen LogP contribution in [0.2, 0.25) is 0 Å². The largest absolute Gasteiger partial charge is 0.507 e. The van der Waals surface area contributed by atoms with Gasteiger partial charge in [-0.25, -0.2) is 0 Å². The Kier molecular flexibility index (Phi) is 12.7. The van der Waals surface area contributed by atoms with Gasteiger partial charge in [0.25, 0.3) is 0 Å². The number of ether oxygens (including phenoxy) is 4. The molecule has 2 aliphatic heterocycles. The fraction of sp³-hybridized carbons (Fsp3) is 0.396. The Balaban J connectivity index is 1.03. The Morgan fingerprint density at radius 3 is 1.87 bits per heavy atom. The highest BCUT2D eigenvalue weighted by atomic mass is 16.5. The fourth-order valence-corrected chi connectivity index (χ4v) is 8.44. The number of anilines is 2. The van der Waals surface area contributed by atoms with Crippen LogP contribution in [-0.4, -0.2) is 51.3 Å². The molecule has 0 saturated carbocycles. The zero-order chi connectivity index (χ0) is 44.4. The number of esters is 2. The predicted octanol–water partition coefficient (Wildman–Crippen LogP) is 11.1. The lowest BCUT2D eigenvalue weighted by Crippen LogP contribution is -2.34. The minimum atomic E-state index is -0.959. The summed E-state index contributed by atoms with van der Waals surface area (Å²) in [5, 5.41) is 13.0. The van der Waals surface area contributed by atoms with Crippen molar-refractivity contribution in [2.24, 2.45) is 0 Å². The van der Waals surface area contributed by atoms with Crippen LogP contribution in [-0.2, 0) is 48.7 Å². The number of methoxy groups -OCH3 is 1. The molecular weight excluding hydrogens is 777 g/mol. The molecular formula is C53H62N2O7. The van der Waals surface area contributed by atoms with E-state index in [0.29, 0.717) is 6.42 Å². The van der Waals surface area contributed by atoms with Gasteiger partial charge in [-0.3, -0.25) is 9.59 Å². The molecule has 1 unspecified atom stereocenters. The first kappa shape index (κ1) is 44.1. The summed E-state index contributed by atoms with van der Waals surface area (Å²) in [4.78, 5) is 30.1. The first-order chi connectivity index (χ1) is 29.5. The topological polar surface area (TPSA) is 97.8 Å². The molecule has 2 aliphatic rings. The maximum absolute atomic E-state index is 12.8. The van der Waals surface area contributed by atoms with Gasteiger partial charge in [-0.1, -0.05) is 84.0 Å². The Morgan fingerprint density at radius 2 is 1.32 bits per heavy atom. The van der Waals surface area contributed by atoms with Gasteiger partial charge in [0.15, 0.2) is 5.60 Å². The van der Waals surface area contributed by atoms with Crippen molar-refractivity contribution in [3.8, 4) is 17.2 Å². The van der Waals surface area contributed by atoms with Crippen LogP contribution in [0.5, 0.6) is 17.2 Å². The highest BCUT2D eigenvalue weighted by Gasteiger charge is 2.39. The molecule has 0 radical (unpaired) electrons. The van der Waals surface area contributed by atoms with Gasteiger partial charge in [0, 0.05) is 67.9 Å². The maximum Gasteiger partial charge on any atom is 0.306 e. The van der Waals surface area contributed by atoms with Gasteiger partial charge in [0.05, 0.1) is 12.7 Å². The molecule has 1 N–H and O–H groups in total. The molecule has 0 bridgehead atoms. The van der Waals surface area contributed by atoms with Gasteiger partial charge in [-0.05, 0) is 112 Å². The molecule has 326 valence electrons. The highest BCUT2D eigenvalue weighted by Crippen LogP contribution is 2.49. The second kappa shape index (κ2) is 17.8. The normalized spacial score (nSPS) is 16.2. The second-order valence-corrected chi connectivity index (χ2v) is 18.9. The van der Waals surface area contributed by atoms with E-state index in [4.69, 9.17) is 18.9 Å². The number of hydrogen-bond acceptors (Lipinski definition) is 9. The average molecular weight is 839 g/mol. The summed E-state index contributed by atoms with van der Waals surface area (Å²) >= 11 is 0. The number of hydrogen-bond donors (Lipinski definition) is 1. The van der Waals surface area contributed by atoms with E-state index in [1.54, 1.807) is 7.11 Å². The number of phenols is 1. The molecule has 0 spiro atoms. The number of benzene rings is 5. The monoisotopic (exact) mass is 838 g/mol. The number of aromatic hydroxyl groups is 1. The molecule has 1 fully saturated rings. The molecule has 9 heteroatoms. The van der Waals surface area contributed by atoms with E-state index in [9.17, 15) is 14.7 Å². The molecule has 1 saturated heterocycles. The van der Waals surface area contributed by atoms with Crippen LogP contribution in [0.15, 0.2) is 91.0 Å². The maximum atomic E-state index is 12.8. The molecule has 5 aromatic rings. The van der Waals surface area contributed by atoms with Crippen molar-refractivity contribution in [2.45, 2.75) is 103 Å². The Hall–Kier alpha value is -5.96. The smallest absolute Gasteiger partial charge is 0.306 e. The Bertz CT molecular complexity index is 2420. The van der Waals surface area contributed by atoms with E-state index in [0.717, 1.165) is 80.0 Å². The lowest BCUT2D eigenvalue weighted by atomic mass is 9.78. The first-order valence-electron chi connectivity index (χ1n) is 21.8. The van der Waals surface area contributed by atoms with Crippen LogP contribution < -0.4 is 19.3 Å². The van der Waals surface area contributed by atoms with E-state index in [1.165, 1.54) is 18.5 Å². The van der Waals surface area contributed by atoms with Gasteiger partial charge in [-0.15, -0.1) is 0 Å². The first-order valence-corrected chi connectivity index (χ1v) is 21.8. The van der Waals surface area contributed by atoms with Crippen molar-refractivity contribution in [3.05, 3.63) is 130 Å². The molecule has 0 aliphatic carbocycles. The third kappa shape index (κ3) is 9.42. The summed E-state index contributed by atoms with van der Waals surface area (Å²) in [5.74, 6) is 1.01. The number of fused-ring (bicyclic) bond motifs is 3. The SMILES string of the molecule is COc1cc2ccc(N(C)C)cc2c2c1C=CC(c1ccc(COC(=O)CCCC(=O)OCc3cc(C(C)(C)C)c(O)c(C(C)(C)C)c3)cc1)(c1ccc(N3CCCC3)cc1)O2. The lowest BCUT2D eigenvalue weighted by molar-refractivity contribution is -0.146. The summed E-state index contributed by atoms with van der Waals surface area (Å²) in [6.07, 6.45) is 7.13. The van der Waals surface area contributed by atoms with Crippen LogP contribution in [0.4, 0.5) is 11.4 Å². The van der Waals surface area contributed by atoms with Crippen LogP contribution in [0.3, 0.4) is 0 Å². The van der Waals surface area contributed by atoms with Gasteiger partial charge in [-0.2, -0.15) is 0 Å². The minimum Gasteiger partial charge on any atom is -0.507 e. The number of carbonyl (C=O) groups excluding carboxylic acids is 2. The molecule has 5 aromatic carbocycles. The van der Waals surface area contributed by atoms with Crippen molar-refractivity contribution < 1.29 is 33.6 Å².